The predicted molar refractivity (Wildman–Crippen MR) is 106 cm³/mol. The van der Waals surface area contributed by atoms with E-state index in [2.05, 4.69) is 10.1 Å². The Balaban J connectivity index is 2.05. The number of amides is 1. The van der Waals surface area contributed by atoms with Gasteiger partial charge in [0.1, 0.15) is 12.3 Å². The van der Waals surface area contributed by atoms with Crippen molar-refractivity contribution in [3.63, 3.8) is 0 Å². The van der Waals surface area contributed by atoms with Crippen LogP contribution in [0, 0.1) is 6.92 Å². The van der Waals surface area contributed by atoms with Gasteiger partial charge in [-0.15, -0.1) is 0 Å². The molecule has 0 radical (unpaired) electrons. The van der Waals surface area contributed by atoms with Crippen LogP contribution in [0.2, 0.25) is 0 Å². The maximum absolute atomic E-state index is 12.4. The van der Waals surface area contributed by atoms with Crippen molar-refractivity contribution in [2.24, 2.45) is 0 Å². The summed E-state index contributed by atoms with van der Waals surface area (Å²) in [6, 6.07) is 13.3. The molecule has 2 rings (SSSR count). The van der Waals surface area contributed by atoms with E-state index in [1.54, 1.807) is 55.5 Å². The second-order valence-electron chi connectivity index (χ2n) is 5.99. The lowest BCUT2D eigenvalue weighted by Crippen LogP contribution is -2.37. The highest BCUT2D eigenvalue weighted by Crippen LogP contribution is 2.22. The Hall–Kier alpha value is -3.07. The third-order valence-corrected chi connectivity index (χ3v) is 4.92. The number of rotatable bonds is 8. The molecule has 0 aliphatic heterocycles. The van der Waals surface area contributed by atoms with Crippen LogP contribution in [0.3, 0.4) is 0 Å². The number of anilines is 2. The van der Waals surface area contributed by atoms with E-state index >= 15 is 0 Å². The monoisotopic (exact) mass is 406 g/mol. The normalized spacial score (nSPS) is 10.8. The van der Waals surface area contributed by atoms with Crippen LogP contribution in [0.1, 0.15) is 5.56 Å². The first-order valence-corrected chi connectivity index (χ1v) is 10.2. The van der Waals surface area contributed by atoms with Gasteiger partial charge in [-0.2, -0.15) is 0 Å². The first-order valence-electron chi connectivity index (χ1n) is 8.33. The highest BCUT2D eigenvalue weighted by molar-refractivity contribution is 7.92. The van der Waals surface area contributed by atoms with Gasteiger partial charge >= 0.3 is 5.97 Å². The van der Waals surface area contributed by atoms with Crippen LogP contribution in [-0.4, -0.2) is 46.8 Å². The molecule has 0 spiro atoms. The standard InChI is InChI=1S/C19H22N2O6S/c1-14-6-4-5-7-17(14)21(28(3,24)25)12-18(22)20-15-8-10-16(11-9-15)27-13-19(23)26-2/h4-11H,12-13H2,1-3H3,(H,20,22). The molecule has 0 atom stereocenters. The maximum atomic E-state index is 12.4. The number of esters is 1. The van der Waals surface area contributed by atoms with Gasteiger partial charge in [0.2, 0.25) is 15.9 Å². The van der Waals surface area contributed by atoms with Gasteiger partial charge in [-0.3, -0.25) is 9.10 Å². The zero-order valence-corrected chi connectivity index (χ0v) is 16.7. The fourth-order valence-corrected chi connectivity index (χ4v) is 3.30. The zero-order chi connectivity index (χ0) is 20.7. The molecular weight excluding hydrogens is 384 g/mol. The van der Waals surface area contributed by atoms with Crippen LogP contribution in [0.15, 0.2) is 48.5 Å². The molecule has 150 valence electrons. The Morgan fingerprint density at radius 3 is 2.29 bits per heavy atom. The summed E-state index contributed by atoms with van der Waals surface area (Å²) in [7, 11) is -2.38. The molecule has 0 saturated carbocycles. The summed E-state index contributed by atoms with van der Waals surface area (Å²) in [5.74, 6) is -0.563. The lowest BCUT2D eigenvalue weighted by molar-refractivity contribution is -0.142. The van der Waals surface area contributed by atoms with E-state index in [4.69, 9.17) is 4.74 Å². The van der Waals surface area contributed by atoms with Crippen LogP contribution in [0.4, 0.5) is 11.4 Å². The molecule has 8 nitrogen and oxygen atoms in total. The Labute approximate surface area is 164 Å². The summed E-state index contributed by atoms with van der Waals surface area (Å²) < 4.78 is 35.1. The van der Waals surface area contributed by atoms with Gasteiger partial charge in [-0.25, -0.2) is 13.2 Å². The number of methoxy groups -OCH3 is 1. The van der Waals surface area contributed by atoms with Crippen molar-refractivity contribution in [3.05, 3.63) is 54.1 Å². The molecule has 0 bridgehead atoms. The van der Waals surface area contributed by atoms with Crippen LogP contribution in [0.5, 0.6) is 5.75 Å². The molecule has 0 fully saturated rings. The Kier molecular flexibility index (Phi) is 7.00. The summed E-state index contributed by atoms with van der Waals surface area (Å²) >= 11 is 0. The van der Waals surface area contributed by atoms with Crippen molar-refractivity contribution in [2.75, 3.05) is 36.1 Å². The summed E-state index contributed by atoms with van der Waals surface area (Å²) in [5, 5.41) is 2.64. The molecule has 0 aliphatic rings. The molecule has 2 aromatic carbocycles. The molecule has 0 aliphatic carbocycles. The van der Waals surface area contributed by atoms with Crippen molar-refractivity contribution in [1.29, 1.82) is 0 Å². The lowest BCUT2D eigenvalue weighted by Gasteiger charge is -2.23. The minimum absolute atomic E-state index is 0.220. The van der Waals surface area contributed by atoms with Crippen molar-refractivity contribution in [2.45, 2.75) is 6.92 Å². The minimum Gasteiger partial charge on any atom is -0.482 e. The molecule has 28 heavy (non-hydrogen) atoms. The Morgan fingerprint density at radius 1 is 1.07 bits per heavy atom. The second kappa shape index (κ2) is 9.23. The number of aryl methyl sites for hydroxylation is 1. The Morgan fingerprint density at radius 2 is 1.71 bits per heavy atom. The number of hydrogen-bond acceptors (Lipinski definition) is 6. The van der Waals surface area contributed by atoms with Crippen molar-refractivity contribution >= 4 is 33.3 Å². The molecule has 0 heterocycles. The first kappa shape index (κ1) is 21.2. The molecule has 0 aromatic heterocycles. The number of sulfonamides is 1. The highest BCUT2D eigenvalue weighted by atomic mass is 32.2. The SMILES string of the molecule is COC(=O)COc1ccc(NC(=O)CN(c2ccccc2C)S(C)(=O)=O)cc1. The van der Waals surface area contributed by atoms with E-state index in [-0.39, 0.29) is 13.2 Å². The minimum atomic E-state index is -3.64. The van der Waals surface area contributed by atoms with Gasteiger partial charge in [0.05, 0.1) is 19.1 Å². The number of carbonyl (C=O) groups is 2. The van der Waals surface area contributed by atoms with E-state index in [1.807, 2.05) is 0 Å². The van der Waals surface area contributed by atoms with Crippen LogP contribution >= 0.6 is 0 Å². The number of hydrogen-bond donors (Lipinski definition) is 1. The molecular formula is C19H22N2O6S. The topological polar surface area (TPSA) is 102 Å². The van der Waals surface area contributed by atoms with Gasteiger partial charge in [0, 0.05) is 5.69 Å². The number of ether oxygens (including phenoxy) is 2. The number of para-hydroxylation sites is 1. The van der Waals surface area contributed by atoms with Crippen LogP contribution in [0.25, 0.3) is 0 Å². The van der Waals surface area contributed by atoms with Gasteiger partial charge in [-0.05, 0) is 42.8 Å². The Bertz CT molecular complexity index is 941. The summed E-state index contributed by atoms with van der Waals surface area (Å²) in [4.78, 5) is 23.4. The van der Waals surface area contributed by atoms with E-state index < -0.39 is 21.9 Å². The van der Waals surface area contributed by atoms with E-state index in [0.29, 0.717) is 17.1 Å². The number of benzene rings is 2. The van der Waals surface area contributed by atoms with Crippen LogP contribution in [-0.2, 0) is 24.3 Å². The van der Waals surface area contributed by atoms with Gasteiger partial charge in [0.15, 0.2) is 6.61 Å². The molecule has 0 saturated heterocycles. The average Bonchev–Trinajstić information content (AvgIpc) is 2.65. The number of nitrogens with one attached hydrogen (secondary N) is 1. The fourth-order valence-electron chi connectivity index (χ4n) is 2.39. The van der Waals surface area contributed by atoms with E-state index in [9.17, 15) is 18.0 Å². The van der Waals surface area contributed by atoms with Gasteiger partial charge in [-0.1, -0.05) is 18.2 Å². The summed E-state index contributed by atoms with van der Waals surface area (Å²) in [5.41, 5.74) is 1.66. The molecule has 1 amide bonds. The highest BCUT2D eigenvalue weighted by Gasteiger charge is 2.22. The largest absolute Gasteiger partial charge is 0.482 e. The smallest absolute Gasteiger partial charge is 0.343 e. The lowest BCUT2D eigenvalue weighted by atomic mass is 10.2. The zero-order valence-electron chi connectivity index (χ0n) is 15.8. The summed E-state index contributed by atoms with van der Waals surface area (Å²) in [6.45, 7) is 1.20. The van der Waals surface area contributed by atoms with E-state index in [1.165, 1.54) is 7.11 Å². The third-order valence-electron chi connectivity index (χ3n) is 3.79. The molecule has 2 aromatic rings. The average molecular weight is 406 g/mol. The molecule has 1 N–H and O–H groups in total. The van der Waals surface area contributed by atoms with Crippen molar-refractivity contribution in [3.8, 4) is 5.75 Å². The van der Waals surface area contributed by atoms with Gasteiger partial charge < -0.3 is 14.8 Å². The first-order chi connectivity index (χ1) is 13.2. The number of nitrogens with zero attached hydrogens (tertiary/aromatic N) is 1. The summed E-state index contributed by atoms with van der Waals surface area (Å²) in [6.07, 6.45) is 1.06. The quantitative estimate of drug-likeness (QED) is 0.673. The van der Waals surface area contributed by atoms with E-state index in [0.717, 1.165) is 16.1 Å². The maximum Gasteiger partial charge on any atom is 0.343 e. The molecule has 9 heteroatoms. The van der Waals surface area contributed by atoms with Crippen LogP contribution < -0.4 is 14.4 Å². The number of carbonyl (C=O) groups excluding carboxylic acids is 2. The fraction of sp³-hybridized carbons (Fsp3) is 0.263. The predicted octanol–water partition coefficient (Wildman–Crippen LogP) is 1.95. The van der Waals surface area contributed by atoms with Gasteiger partial charge in [0.25, 0.3) is 0 Å². The van der Waals surface area contributed by atoms with Crippen molar-refractivity contribution in [1.82, 2.24) is 0 Å². The third kappa shape index (κ3) is 5.98. The van der Waals surface area contributed by atoms with Crippen molar-refractivity contribution < 1.29 is 27.5 Å². The second-order valence-corrected chi connectivity index (χ2v) is 7.90. The molecule has 0 unspecified atom stereocenters.